The maximum absolute atomic E-state index is 6.31. The zero-order valence-corrected chi connectivity index (χ0v) is 15.5. The van der Waals surface area contributed by atoms with Crippen LogP contribution in [0, 0.1) is 0 Å². The normalized spacial score (nSPS) is 14.5. The molecule has 1 saturated heterocycles. The number of halogens is 1. The van der Waals surface area contributed by atoms with E-state index in [4.69, 9.17) is 17.3 Å². The molecule has 0 spiro atoms. The summed E-state index contributed by atoms with van der Waals surface area (Å²) in [5.74, 6) is 1.34. The largest absolute Gasteiger partial charge is 0.393 e. The van der Waals surface area contributed by atoms with Crippen molar-refractivity contribution in [3.63, 3.8) is 0 Å². The molecular weight excluding hydrogens is 370 g/mol. The monoisotopic (exact) mass is 387 g/mol. The van der Waals surface area contributed by atoms with Gasteiger partial charge in [0.05, 0.1) is 0 Å². The maximum Gasteiger partial charge on any atom is 0.188 e. The highest BCUT2D eigenvalue weighted by Crippen LogP contribution is 2.30. The van der Waals surface area contributed by atoms with Gasteiger partial charge in [0.15, 0.2) is 16.8 Å². The summed E-state index contributed by atoms with van der Waals surface area (Å²) in [5, 5.41) is 6.56. The van der Waals surface area contributed by atoms with Crippen LogP contribution >= 0.6 is 22.9 Å². The van der Waals surface area contributed by atoms with Gasteiger partial charge in [-0.25, -0.2) is 15.0 Å². The van der Waals surface area contributed by atoms with Crippen molar-refractivity contribution in [3.8, 4) is 0 Å². The molecule has 0 radical (unpaired) electrons. The summed E-state index contributed by atoms with van der Waals surface area (Å²) in [6.07, 6.45) is 3.27. The summed E-state index contributed by atoms with van der Waals surface area (Å²) < 4.78 is 0. The Bertz CT molecular complexity index is 879. The average Bonchev–Trinajstić information content (AvgIpc) is 3.17. The van der Waals surface area contributed by atoms with E-state index in [1.165, 1.54) is 17.7 Å². The molecule has 4 rings (SSSR count). The Morgan fingerprint density at radius 3 is 2.62 bits per heavy atom. The molecule has 0 unspecified atom stereocenters. The molecule has 0 bridgehead atoms. The topological polar surface area (TPSA) is 83.2 Å². The van der Waals surface area contributed by atoms with E-state index in [-0.39, 0.29) is 0 Å². The van der Waals surface area contributed by atoms with Crippen LogP contribution in [0.4, 0.5) is 28.1 Å². The fraction of sp³-hybridized carbons (Fsp3) is 0.235. The maximum atomic E-state index is 6.31. The molecule has 1 aromatic carbocycles. The van der Waals surface area contributed by atoms with Gasteiger partial charge in [0.1, 0.15) is 12.0 Å². The van der Waals surface area contributed by atoms with Crippen molar-refractivity contribution in [2.45, 2.75) is 0 Å². The highest BCUT2D eigenvalue weighted by atomic mass is 35.5. The van der Waals surface area contributed by atoms with Gasteiger partial charge in [-0.3, -0.25) is 0 Å². The van der Waals surface area contributed by atoms with Crippen LogP contribution in [0.5, 0.6) is 0 Å². The molecule has 0 atom stereocenters. The van der Waals surface area contributed by atoms with Gasteiger partial charge >= 0.3 is 0 Å². The lowest BCUT2D eigenvalue weighted by Crippen LogP contribution is -2.47. The first-order chi connectivity index (χ1) is 12.7. The first kappa shape index (κ1) is 16.9. The third kappa shape index (κ3) is 3.51. The van der Waals surface area contributed by atoms with Gasteiger partial charge in [-0.15, -0.1) is 11.3 Å². The molecule has 1 aliphatic rings. The molecule has 0 aliphatic carbocycles. The minimum absolute atomic E-state index is 0.541. The average molecular weight is 388 g/mol. The van der Waals surface area contributed by atoms with E-state index in [0.29, 0.717) is 11.5 Å². The molecule has 26 heavy (non-hydrogen) atoms. The molecule has 9 heteroatoms. The zero-order valence-electron chi connectivity index (χ0n) is 14.0. The van der Waals surface area contributed by atoms with Gasteiger partial charge in [-0.05, 0) is 18.2 Å². The summed E-state index contributed by atoms with van der Waals surface area (Å²) in [6, 6.07) is 7.94. The Hall–Kier alpha value is -2.58. The number of anilines is 5. The van der Waals surface area contributed by atoms with Crippen LogP contribution in [0.3, 0.4) is 0 Å². The molecule has 7 nitrogen and oxygen atoms in total. The quantitative estimate of drug-likeness (QED) is 0.710. The van der Waals surface area contributed by atoms with E-state index < -0.39 is 0 Å². The summed E-state index contributed by atoms with van der Waals surface area (Å²) in [6.45, 7) is 3.40. The number of rotatable bonds is 4. The van der Waals surface area contributed by atoms with Crippen LogP contribution in [0.15, 0.2) is 42.2 Å². The number of thiazole rings is 1. The Morgan fingerprint density at radius 2 is 1.88 bits per heavy atom. The lowest BCUT2D eigenvalue weighted by Gasteiger charge is -2.37. The number of nitrogens with one attached hydrogen (secondary N) is 1. The third-order valence-corrected chi connectivity index (χ3v) is 5.20. The molecular formula is C17H18ClN7S. The second-order valence-electron chi connectivity index (χ2n) is 5.88. The van der Waals surface area contributed by atoms with Crippen molar-refractivity contribution in [2.24, 2.45) is 0 Å². The van der Waals surface area contributed by atoms with E-state index >= 15 is 0 Å². The lowest BCUT2D eigenvalue weighted by molar-refractivity contribution is 0.647. The van der Waals surface area contributed by atoms with Crippen LogP contribution in [0.1, 0.15) is 0 Å². The number of hydrogen-bond acceptors (Lipinski definition) is 8. The van der Waals surface area contributed by atoms with E-state index in [0.717, 1.165) is 47.8 Å². The summed E-state index contributed by atoms with van der Waals surface area (Å²) in [4.78, 5) is 17.4. The van der Waals surface area contributed by atoms with Crippen molar-refractivity contribution in [3.05, 3.63) is 47.2 Å². The van der Waals surface area contributed by atoms with E-state index in [1.54, 1.807) is 6.20 Å². The van der Waals surface area contributed by atoms with Crippen molar-refractivity contribution in [1.82, 2.24) is 15.0 Å². The Morgan fingerprint density at radius 1 is 1.08 bits per heavy atom. The number of nitrogen functional groups attached to an aromatic ring is 1. The van der Waals surface area contributed by atoms with Crippen LogP contribution in [-0.2, 0) is 0 Å². The van der Waals surface area contributed by atoms with Crippen molar-refractivity contribution < 1.29 is 0 Å². The van der Waals surface area contributed by atoms with Crippen LogP contribution in [0.25, 0.3) is 0 Å². The lowest BCUT2D eigenvalue weighted by atomic mass is 10.2. The third-order valence-electron chi connectivity index (χ3n) is 4.27. The van der Waals surface area contributed by atoms with Gasteiger partial charge < -0.3 is 20.9 Å². The molecule has 134 valence electrons. The first-order valence-corrected chi connectivity index (χ1v) is 9.49. The van der Waals surface area contributed by atoms with Gasteiger partial charge in [0.2, 0.25) is 0 Å². The van der Waals surface area contributed by atoms with E-state index in [9.17, 15) is 0 Å². The first-order valence-electron chi connectivity index (χ1n) is 8.23. The smallest absolute Gasteiger partial charge is 0.188 e. The van der Waals surface area contributed by atoms with Gasteiger partial charge in [-0.2, -0.15) is 0 Å². The SMILES string of the molecule is Nc1c(Nc2nccs2)ncnc1N1CCN(c2cccc(Cl)c2)CC1. The molecule has 3 N–H and O–H groups in total. The Labute approximate surface area is 160 Å². The summed E-state index contributed by atoms with van der Waals surface area (Å²) in [5.41, 5.74) is 7.99. The fourth-order valence-electron chi connectivity index (χ4n) is 2.97. The standard InChI is InChI=1S/C17H18ClN7S/c18-12-2-1-3-13(10-12)24-5-7-25(8-6-24)16-14(19)15(21-11-22-16)23-17-20-4-9-26-17/h1-4,9-11H,5-8,19H2,(H,20,21,22,23). The van der Waals surface area contributed by atoms with Crippen LogP contribution in [-0.4, -0.2) is 41.1 Å². The molecule has 2 aromatic heterocycles. The second kappa shape index (κ2) is 7.35. The second-order valence-corrected chi connectivity index (χ2v) is 7.21. The number of hydrogen-bond donors (Lipinski definition) is 2. The fourth-order valence-corrected chi connectivity index (χ4v) is 3.69. The molecule has 1 fully saturated rings. The van der Waals surface area contributed by atoms with Crippen molar-refractivity contribution in [1.29, 1.82) is 0 Å². The summed E-state index contributed by atoms with van der Waals surface area (Å²) >= 11 is 7.60. The summed E-state index contributed by atoms with van der Waals surface area (Å²) in [7, 11) is 0. The molecule has 3 heterocycles. The minimum atomic E-state index is 0.541. The zero-order chi connectivity index (χ0) is 17.9. The number of aromatic nitrogens is 3. The Balaban J connectivity index is 1.47. The molecule has 0 saturated carbocycles. The highest BCUT2D eigenvalue weighted by Gasteiger charge is 2.21. The molecule has 1 aliphatic heterocycles. The highest BCUT2D eigenvalue weighted by molar-refractivity contribution is 7.13. The van der Waals surface area contributed by atoms with Crippen molar-refractivity contribution in [2.75, 3.05) is 47.0 Å². The molecule has 0 amide bonds. The number of benzene rings is 1. The minimum Gasteiger partial charge on any atom is -0.393 e. The predicted octanol–water partition coefficient (Wildman–Crippen LogP) is 3.24. The van der Waals surface area contributed by atoms with Gasteiger partial charge in [0, 0.05) is 48.5 Å². The van der Waals surface area contributed by atoms with E-state index in [1.807, 2.05) is 23.6 Å². The van der Waals surface area contributed by atoms with Gasteiger partial charge in [-0.1, -0.05) is 17.7 Å². The van der Waals surface area contributed by atoms with Crippen LogP contribution in [0.2, 0.25) is 5.02 Å². The van der Waals surface area contributed by atoms with Crippen LogP contribution < -0.4 is 20.9 Å². The van der Waals surface area contributed by atoms with Gasteiger partial charge in [0.25, 0.3) is 0 Å². The number of piperazine rings is 1. The predicted molar refractivity (Wildman–Crippen MR) is 108 cm³/mol. The number of nitrogens with two attached hydrogens (primary N) is 1. The molecule has 3 aromatic rings. The van der Waals surface area contributed by atoms with Crippen molar-refractivity contribution >= 4 is 51.1 Å². The Kier molecular flexibility index (Phi) is 4.77. The van der Waals surface area contributed by atoms with E-state index in [2.05, 4.69) is 36.1 Å². The number of nitrogens with zero attached hydrogens (tertiary/aromatic N) is 5.